The van der Waals surface area contributed by atoms with Crippen molar-refractivity contribution in [1.29, 1.82) is 0 Å². The van der Waals surface area contributed by atoms with E-state index in [0.29, 0.717) is 11.6 Å². The van der Waals surface area contributed by atoms with Crippen molar-refractivity contribution >= 4 is 27.0 Å². The molecule has 0 bridgehead atoms. The Kier molecular flexibility index (Phi) is 5.16. The second kappa shape index (κ2) is 7.18. The first-order valence-electron chi connectivity index (χ1n) is 8.26. The molecule has 0 spiro atoms. The van der Waals surface area contributed by atoms with Crippen molar-refractivity contribution in [3.63, 3.8) is 0 Å². The first kappa shape index (κ1) is 18.0. The number of aromatic amines is 1. The zero-order valence-corrected chi connectivity index (χ0v) is 15.5. The van der Waals surface area contributed by atoms with Crippen molar-refractivity contribution in [3.8, 4) is 0 Å². The van der Waals surface area contributed by atoms with Gasteiger partial charge in [-0.1, -0.05) is 42.7 Å². The largest absolute Gasteiger partial charge is 0.321 e. The van der Waals surface area contributed by atoms with E-state index >= 15 is 0 Å². The second-order valence-corrected chi connectivity index (χ2v) is 8.89. The first-order chi connectivity index (χ1) is 11.8. The molecule has 1 saturated carbocycles. The van der Waals surface area contributed by atoms with E-state index in [1.165, 1.54) is 19.1 Å². The molecule has 4 nitrogen and oxygen atoms in total. The molecule has 2 aromatic rings. The van der Waals surface area contributed by atoms with E-state index in [0.717, 1.165) is 24.0 Å². The number of rotatable bonds is 4. The number of nitrogens with one attached hydrogen (secondary N) is 1. The molecule has 1 heterocycles. The maximum absolute atomic E-state index is 11.9. The van der Waals surface area contributed by atoms with Crippen LogP contribution in [-0.2, 0) is 9.84 Å². The number of pyridine rings is 1. The van der Waals surface area contributed by atoms with Crippen LogP contribution in [0.3, 0.4) is 0 Å². The van der Waals surface area contributed by atoms with Crippen LogP contribution in [0.2, 0.25) is 5.02 Å². The Hall–Kier alpha value is -1.85. The van der Waals surface area contributed by atoms with Crippen molar-refractivity contribution < 1.29 is 8.42 Å². The third-order valence-electron chi connectivity index (χ3n) is 4.55. The van der Waals surface area contributed by atoms with Gasteiger partial charge in [0.2, 0.25) is 0 Å². The van der Waals surface area contributed by atoms with Gasteiger partial charge in [-0.3, -0.25) is 4.79 Å². The molecule has 1 fully saturated rings. The average molecular weight is 378 g/mol. The van der Waals surface area contributed by atoms with Gasteiger partial charge < -0.3 is 4.98 Å². The smallest absolute Gasteiger partial charge is 0.267 e. The zero-order valence-electron chi connectivity index (χ0n) is 14.0. The Morgan fingerprint density at radius 2 is 1.76 bits per heavy atom. The molecule has 132 valence electrons. The van der Waals surface area contributed by atoms with Crippen LogP contribution in [0.25, 0.3) is 5.57 Å². The maximum atomic E-state index is 11.9. The molecule has 25 heavy (non-hydrogen) atoms. The molecular weight excluding hydrogens is 358 g/mol. The molecule has 3 rings (SSSR count). The van der Waals surface area contributed by atoms with Crippen molar-refractivity contribution in [2.75, 3.05) is 6.26 Å². The van der Waals surface area contributed by atoms with Gasteiger partial charge in [0, 0.05) is 17.5 Å². The predicted molar refractivity (Wildman–Crippen MR) is 101 cm³/mol. The van der Waals surface area contributed by atoms with Gasteiger partial charge in [0.15, 0.2) is 9.84 Å². The molecule has 0 radical (unpaired) electrons. The molecule has 1 aliphatic carbocycles. The lowest BCUT2D eigenvalue weighted by Crippen LogP contribution is -2.09. The summed E-state index contributed by atoms with van der Waals surface area (Å²) in [5.74, 6) is 0.462. The highest BCUT2D eigenvalue weighted by Crippen LogP contribution is 2.31. The summed E-state index contributed by atoms with van der Waals surface area (Å²) in [6.07, 6.45) is 8.04. The molecule has 0 unspecified atom stereocenters. The number of benzene rings is 1. The van der Waals surface area contributed by atoms with Gasteiger partial charge in [0.25, 0.3) is 5.56 Å². The Balaban J connectivity index is 2.07. The van der Waals surface area contributed by atoms with E-state index in [9.17, 15) is 13.2 Å². The van der Waals surface area contributed by atoms with Gasteiger partial charge in [0.1, 0.15) is 5.02 Å². The van der Waals surface area contributed by atoms with E-state index in [2.05, 4.69) is 11.1 Å². The standard InChI is InChI=1S/C19H20ClNO3S/c1-25(23,24)15-8-6-14(7-9-15)16(12-13-4-2-3-5-13)18-11-10-17(20)19(22)21-18/h6-13H,2-5H2,1H3,(H,21,22). The van der Waals surface area contributed by atoms with Crippen LogP contribution in [-0.4, -0.2) is 19.7 Å². The fraction of sp³-hybridized carbons (Fsp3) is 0.316. The molecule has 0 aliphatic heterocycles. The lowest BCUT2D eigenvalue weighted by Gasteiger charge is -2.12. The van der Waals surface area contributed by atoms with E-state index in [1.54, 1.807) is 36.4 Å². The fourth-order valence-corrected chi connectivity index (χ4v) is 3.94. The molecular formula is C19H20ClNO3S. The summed E-state index contributed by atoms with van der Waals surface area (Å²) < 4.78 is 23.3. The highest BCUT2D eigenvalue weighted by molar-refractivity contribution is 7.90. The zero-order chi connectivity index (χ0) is 18.0. The molecule has 0 saturated heterocycles. The Labute approximate surface area is 152 Å². The predicted octanol–water partition coefficient (Wildman–Crippen LogP) is 4.05. The van der Waals surface area contributed by atoms with Gasteiger partial charge >= 0.3 is 0 Å². The summed E-state index contributed by atoms with van der Waals surface area (Å²) in [6, 6.07) is 10.1. The minimum Gasteiger partial charge on any atom is -0.321 e. The number of halogens is 1. The SMILES string of the molecule is CS(=O)(=O)c1ccc(C(=CC2CCCC2)c2ccc(Cl)c(=O)[nH]2)cc1. The quantitative estimate of drug-likeness (QED) is 0.873. The maximum Gasteiger partial charge on any atom is 0.267 e. The minimum atomic E-state index is -3.24. The van der Waals surface area contributed by atoms with Crippen LogP contribution >= 0.6 is 11.6 Å². The molecule has 1 aromatic carbocycles. The minimum absolute atomic E-state index is 0.149. The number of hydrogen-bond donors (Lipinski definition) is 1. The molecule has 6 heteroatoms. The van der Waals surface area contributed by atoms with E-state index in [1.807, 2.05) is 0 Å². The number of aromatic nitrogens is 1. The van der Waals surface area contributed by atoms with Gasteiger partial charge in [-0.15, -0.1) is 0 Å². The summed E-state index contributed by atoms with van der Waals surface area (Å²) in [4.78, 5) is 15.0. The Morgan fingerprint density at radius 1 is 1.12 bits per heavy atom. The summed E-state index contributed by atoms with van der Waals surface area (Å²) in [7, 11) is -3.24. The Bertz CT molecular complexity index is 953. The van der Waals surface area contributed by atoms with Crippen molar-refractivity contribution in [1.82, 2.24) is 4.98 Å². The van der Waals surface area contributed by atoms with Crippen LogP contribution in [0, 0.1) is 5.92 Å². The number of allylic oxidation sites excluding steroid dienone is 1. The normalized spacial score (nSPS) is 16.3. The van der Waals surface area contributed by atoms with E-state index < -0.39 is 9.84 Å². The van der Waals surface area contributed by atoms with Crippen molar-refractivity contribution in [3.05, 3.63) is 69.1 Å². The van der Waals surface area contributed by atoms with Crippen LogP contribution in [0.1, 0.15) is 36.9 Å². The van der Waals surface area contributed by atoms with Crippen LogP contribution in [0.15, 0.2) is 52.2 Å². The lowest BCUT2D eigenvalue weighted by molar-refractivity contribution is 0.602. The second-order valence-electron chi connectivity index (χ2n) is 6.47. The highest BCUT2D eigenvalue weighted by Gasteiger charge is 2.16. The number of hydrogen-bond acceptors (Lipinski definition) is 3. The molecule has 1 aliphatic rings. The molecule has 1 N–H and O–H groups in total. The number of H-pyrrole nitrogens is 1. The van der Waals surface area contributed by atoms with Crippen molar-refractivity contribution in [2.45, 2.75) is 30.6 Å². The van der Waals surface area contributed by atoms with Gasteiger partial charge in [-0.25, -0.2) is 8.42 Å². The monoisotopic (exact) mass is 377 g/mol. The summed E-state index contributed by atoms with van der Waals surface area (Å²) >= 11 is 5.84. The van der Waals surface area contributed by atoms with Crippen LogP contribution < -0.4 is 5.56 Å². The highest BCUT2D eigenvalue weighted by atomic mass is 35.5. The van der Waals surface area contributed by atoms with Gasteiger partial charge in [-0.2, -0.15) is 0 Å². The van der Waals surface area contributed by atoms with Crippen molar-refractivity contribution in [2.24, 2.45) is 5.92 Å². The van der Waals surface area contributed by atoms with E-state index in [-0.39, 0.29) is 15.5 Å². The first-order valence-corrected chi connectivity index (χ1v) is 10.5. The lowest BCUT2D eigenvalue weighted by atomic mass is 9.96. The third-order valence-corrected chi connectivity index (χ3v) is 5.97. The van der Waals surface area contributed by atoms with E-state index in [4.69, 9.17) is 11.6 Å². The average Bonchev–Trinajstić information content (AvgIpc) is 3.08. The van der Waals surface area contributed by atoms with Crippen LogP contribution in [0.5, 0.6) is 0 Å². The summed E-state index contributed by atoms with van der Waals surface area (Å²) in [5, 5.41) is 0.149. The van der Waals surface area contributed by atoms with Gasteiger partial charge in [0.05, 0.1) is 4.90 Å². The summed E-state index contributed by atoms with van der Waals surface area (Å²) in [5.41, 5.74) is 2.13. The third kappa shape index (κ3) is 4.22. The number of sulfone groups is 1. The van der Waals surface area contributed by atoms with Gasteiger partial charge in [-0.05, 0) is 48.6 Å². The molecule has 1 aromatic heterocycles. The topological polar surface area (TPSA) is 67.0 Å². The Morgan fingerprint density at radius 3 is 2.32 bits per heavy atom. The van der Waals surface area contributed by atoms with Crippen LogP contribution in [0.4, 0.5) is 0 Å². The molecule has 0 amide bonds. The summed E-state index contributed by atoms with van der Waals surface area (Å²) in [6.45, 7) is 0. The fourth-order valence-electron chi connectivity index (χ4n) is 3.20. The molecule has 0 atom stereocenters.